The zero-order valence-electron chi connectivity index (χ0n) is 5.79. The summed E-state index contributed by atoms with van der Waals surface area (Å²) in [4.78, 5) is 21.6. The van der Waals surface area contributed by atoms with Crippen LogP contribution in [-0.4, -0.2) is 11.9 Å². The summed E-state index contributed by atoms with van der Waals surface area (Å²) in [6.45, 7) is 0. The topological polar surface area (TPSA) is 43.4 Å². The Kier molecular flexibility index (Phi) is 1.18. The van der Waals surface area contributed by atoms with Crippen molar-refractivity contribution in [2.45, 2.75) is 12.8 Å². The monoisotopic (exact) mass is 150 g/mol. The van der Waals surface area contributed by atoms with Crippen molar-refractivity contribution in [1.82, 2.24) is 0 Å². The first kappa shape index (κ1) is 6.34. The molecule has 2 aliphatic carbocycles. The molecule has 0 bridgehead atoms. The summed E-state index contributed by atoms with van der Waals surface area (Å²) >= 11 is 0. The fourth-order valence-electron chi connectivity index (χ4n) is 0.651. The van der Waals surface area contributed by atoms with Crippen LogP contribution in [-0.2, 0) is 14.3 Å². The molecule has 0 aromatic carbocycles. The first-order chi connectivity index (χ1) is 5.27. The SMILES string of the molecule is O=C(OC(=O)C1=CC1)C1=CC1. The van der Waals surface area contributed by atoms with E-state index >= 15 is 0 Å². The lowest BCUT2D eigenvalue weighted by Gasteiger charge is -1.94. The molecule has 0 unspecified atom stereocenters. The van der Waals surface area contributed by atoms with Crippen LogP contribution in [0.25, 0.3) is 0 Å². The fraction of sp³-hybridized carbons (Fsp3) is 0.250. The second-order valence-electron chi connectivity index (χ2n) is 2.54. The van der Waals surface area contributed by atoms with Gasteiger partial charge in [-0.2, -0.15) is 0 Å². The maximum absolute atomic E-state index is 10.8. The fourth-order valence-corrected chi connectivity index (χ4v) is 0.651. The van der Waals surface area contributed by atoms with Crippen molar-refractivity contribution in [2.75, 3.05) is 0 Å². The van der Waals surface area contributed by atoms with E-state index in [1.807, 2.05) is 0 Å². The molecule has 0 fully saturated rings. The predicted molar refractivity (Wildman–Crippen MR) is 36.5 cm³/mol. The van der Waals surface area contributed by atoms with Crippen molar-refractivity contribution < 1.29 is 14.3 Å². The molecule has 0 spiro atoms. The van der Waals surface area contributed by atoms with Gasteiger partial charge in [0.25, 0.3) is 0 Å². The van der Waals surface area contributed by atoms with Gasteiger partial charge in [0.05, 0.1) is 0 Å². The van der Waals surface area contributed by atoms with Crippen LogP contribution in [0.5, 0.6) is 0 Å². The van der Waals surface area contributed by atoms with E-state index in [0.29, 0.717) is 24.0 Å². The van der Waals surface area contributed by atoms with Crippen molar-refractivity contribution >= 4 is 11.9 Å². The van der Waals surface area contributed by atoms with Gasteiger partial charge in [0.15, 0.2) is 0 Å². The third-order valence-corrected chi connectivity index (χ3v) is 1.53. The Hall–Kier alpha value is -1.38. The lowest BCUT2D eigenvalue weighted by molar-refractivity contribution is -0.153. The van der Waals surface area contributed by atoms with E-state index in [9.17, 15) is 9.59 Å². The van der Waals surface area contributed by atoms with Crippen LogP contribution in [0.1, 0.15) is 12.8 Å². The molecule has 0 aromatic heterocycles. The van der Waals surface area contributed by atoms with Crippen LogP contribution >= 0.6 is 0 Å². The highest BCUT2D eigenvalue weighted by atomic mass is 16.6. The predicted octanol–water partition coefficient (Wildman–Crippen LogP) is 0.716. The molecule has 0 amide bonds. The van der Waals surface area contributed by atoms with Gasteiger partial charge in [-0.3, -0.25) is 0 Å². The van der Waals surface area contributed by atoms with E-state index in [4.69, 9.17) is 0 Å². The number of rotatable bonds is 2. The summed E-state index contributed by atoms with van der Waals surface area (Å²) in [6, 6.07) is 0. The summed E-state index contributed by atoms with van der Waals surface area (Å²) < 4.78 is 4.48. The van der Waals surface area contributed by atoms with Crippen LogP contribution in [0, 0.1) is 0 Å². The van der Waals surface area contributed by atoms with Crippen molar-refractivity contribution in [2.24, 2.45) is 0 Å². The average molecular weight is 150 g/mol. The number of esters is 2. The van der Waals surface area contributed by atoms with Gasteiger partial charge in [0.1, 0.15) is 0 Å². The molecule has 0 aromatic rings. The van der Waals surface area contributed by atoms with Crippen LogP contribution in [0.3, 0.4) is 0 Å². The molecule has 2 rings (SSSR count). The highest BCUT2D eigenvalue weighted by Crippen LogP contribution is 2.23. The highest BCUT2D eigenvalue weighted by molar-refractivity contribution is 6.05. The lowest BCUT2D eigenvalue weighted by Crippen LogP contribution is -2.09. The van der Waals surface area contributed by atoms with Gasteiger partial charge in [0, 0.05) is 11.1 Å². The van der Waals surface area contributed by atoms with Gasteiger partial charge in [-0.25, -0.2) is 9.59 Å². The molecule has 0 saturated carbocycles. The van der Waals surface area contributed by atoms with Crippen LogP contribution in [0.4, 0.5) is 0 Å². The Morgan fingerprint density at radius 2 is 1.45 bits per heavy atom. The Bertz CT molecular complexity index is 266. The van der Waals surface area contributed by atoms with Crippen molar-refractivity contribution in [3.8, 4) is 0 Å². The molecule has 0 saturated heterocycles. The van der Waals surface area contributed by atoms with Gasteiger partial charge in [-0.15, -0.1) is 0 Å². The summed E-state index contributed by atoms with van der Waals surface area (Å²) in [5.41, 5.74) is 1.22. The van der Waals surface area contributed by atoms with Crippen molar-refractivity contribution in [1.29, 1.82) is 0 Å². The number of hydrogen-bond donors (Lipinski definition) is 0. The second kappa shape index (κ2) is 2.05. The molecule has 0 N–H and O–H groups in total. The molecule has 56 valence electrons. The third kappa shape index (κ3) is 1.37. The van der Waals surface area contributed by atoms with Gasteiger partial charge in [0.2, 0.25) is 0 Å². The van der Waals surface area contributed by atoms with Crippen LogP contribution in [0.15, 0.2) is 23.3 Å². The second-order valence-corrected chi connectivity index (χ2v) is 2.54. The maximum Gasteiger partial charge on any atom is 0.341 e. The van der Waals surface area contributed by atoms with E-state index in [-0.39, 0.29) is 0 Å². The van der Waals surface area contributed by atoms with Gasteiger partial charge in [-0.05, 0) is 12.8 Å². The Balaban J connectivity index is 1.88. The number of carbonyl (C=O) groups is 2. The summed E-state index contributed by atoms with van der Waals surface area (Å²) in [6.07, 6.45) is 4.81. The van der Waals surface area contributed by atoms with Crippen molar-refractivity contribution in [3.05, 3.63) is 23.3 Å². The standard InChI is InChI=1S/C8H6O3/c9-7(5-1-2-5)11-8(10)6-3-4-6/h1,3H,2,4H2. The largest absolute Gasteiger partial charge is 0.386 e. The number of carbonyl (C=O) groups excluding carboxylic acids is 2. The molecule has 3 nitrogen and oxygen atoms in total. The molecule has 2 aliphatic rings. The minimum atomic E-state index is -0.484. The molecule has 0 radical (unpaired) electrons. The summed E-state index contributed by atoms with van der Waals surface area (Å²) in [5, 5.41) is 0. The van der Waals surface area contributed by atoms with E-state index in [1.54, 1.807) is 12.2 Å². The van der Waals surface area contributed by atoms with Crippen molar-refractivity contribution in [3.63, 3.8) is 0 Å². The molecular weight excluding hydrogens is 144 g/mol. The molecule has 0 aliphatic heterocycles. The summed E-state index contributed by atoms with van der Waals surface area (Å²) in [5.74, 6) is -0.967. The Labute approximate surface area is 63.3 Å². The first-order valence-electron chi connectivity index (χ1n) is 3.42. The molecule has 0 atom stereocenters. The number of ether oxygens (including phenoxy) is 1. The third-order valence-electron chi connectivity index (χ3n) is 1.53. The highest BCUT2D eigenvalue weighted by Gasteiger charge is 2.25. The van der Waals surface area contributed by atoms with E-state index in [1.165, 1.54) is 0 Å². The lowest BCUT2D eigenvalue weighted by atomic mass is 10.5. The number of allylic oxidation sites excluding steroid dienone is 2. The molecule has 3 heteroatoms. The molecule has 0 heterocycles. The summed E-state index contributed by atoms with van der Waals surface area (Å²) in [7, 11) is 0. The zero-order valence-corrected chi connectivity index (χ0v) is 5.79. The Morgan fingerprint density at radius 3 is 1.73 bits per heavy atom. The van der Waals surface area contributed by atoms with Gasteiger partial charge < -0.3 is 4.74 Å². The maximum atomic E-state index is 10.8. The smallest absolute Gasteiger partial charge is 0.341 e. The first-order valence-corrected chi connectivity index (χ1v) is 3.42. The molecule has 11 heavy (non-hydrogen) atoms. The van der Waals surface area contributed by atoms with Gasteiger partial charge in [-0.1, -0.05) is 12.2 Å². The minimum absolute atomic E-state index is 0.484. The quantitative estimate of drug-likeness (QED) is 0.430. The van der Waals surface area contributed by atoms with E-state index < -0.39 is 11.9 Å². The van der Waals surface area contributed by atoms with Crippen LogP contribution in [0.2, 0.25) is 0 Å². The van der Waals surface area contributed by atoms with Crippen LogP contribution < -0.4 is 0 Å². The average Bonchev–Trinajstić information content (AvgIpc) is 2.84. The normalized spacial score (nSPS) is 18.2. The minimum Gasteiger partial charge on any atom is -0.386 e. The van der Waals surface area contributed by atoms with E-state index in [0.717, 1.165) is 0 Å². The Morgan fingerprint density at radius 1 is 1.09 bits per heavy atom. The van der Waals surface area contributed by atoms with E-state index in [2.05, 4.69) is 4.74 Å². The zero-order chi connectivity index (χ0) is 7.84. The van der Waals surface area contributed by atoms with Gasteiger partial charge >= 0.3 is 11.9 Å². The number of hydrogen-bond acceptors (Lipinski definition) is 3. The molecular formula is C8H6O3.